The molecule has 1 aromatic heterocycles. The number of ether oxygens (including phenoxy) is 1. The molecule has 21 heavy (non-hydrogen) atoms. The van der Waals surface area contributed by atoms with Crippen LogP contribution in [0.3, 0.4) is 0 Å². The van der Waals surface area contributed by atoms with Gasteiger partial charge in [0.15, 0.2) is 0 Å². The van der Waals surface area contributed by atoms with Crippen molar-refractivity contribution in [2.75, 3.05) is 6.61 Å². The first-order valence-corrected chi connectivity index (χ1v) is 7.88. The molecule has 4 heteroatoms. The molecule has 2 atom stereocenters. The van der Waals surface area contributed by atoms with Crippen LogP contribution in [0.2, 0.25) is 0 Å². The number of hydrogen-bond donors (Lipinski definition) is 1. The zero-order valence-corrected chi connectivity index (χ0v) is 12.5. The molecule has 0 saturated heterocycles. The first-order valence-electron chi connectivity index (χ1n) is 7.88. The highest BCUT2D eigenvalue weighted by molar-refractivity contribution is 5.26. The van der Waals surface area contributed by atoms with Gasteiger partial charge in [-0.05, 0) is 43.6 Å². The lowest BCUT2D eigenvalue weighted by molar-refractivity contribution is 0.190. The number of pyridine rings is 1. The Kier molecular flexibility index (Phi) is 4.54. The lowest BCUT2D eigenvalue weighted by Gasteiger charge is -2.25. The fraction of sp³-hybridized carbons (Fsp3) is 0.588. The van der Waals surface area contributed by atoms with Crippen molar-refractivity contribution in [2.45, 2.75) is 45.2 Å². The standard InChI is InChI=1S/C17H23FN2O/c1-12-4-2-3-5-13(12)11-21-17-14(8-15(18)10-20-17)9-19-16-6-7-16/h2-3,8,10,12-13,16,19H,4-7,9,11H2,1H3. The predicted octanol–water partition coefficient (Wildman–Crippen LogP) is 3.45. The van der Waals surface area contributed by atoms with E-state index in [4.69, 9.17) is 4.74 Å². The summed E-state index contributed by atoms with van der Waals surface area (Å²) in [5.74, 6) is 1.42. The zero-order chi connectivity index (χ0) is 14.7. The zero-order valence-electron chi connectivity index (χ0n) is 12.5. The van der Waals surface area contributed by atoms with Gasteiger partial charge in [0.25, 0.3) is 0 Å². The minimum atomic E-state index is -0.302. The van der Waals surface area contributed by atoms with E-state index >= 15 is 0 Å². The lowest BCUT2D eigenvalue weighted by atomic mass is 9.85. The van der Waals surface area contributed by atoms with Gasteiger partial charge in [0.2, 0.25) is 5.88 Å². The normalized spacial score (nSPS) is 25.0. The van der Waals surface area contributed by atoms with Crippen LogP contribution >= 0.6 is 0 Å². The molecule has 0 spiro atoms. The van der Waals surface area contributed by atoms with Crippen molar-refractivity contribution in [3.8, 4) is 5.88 Å². The number of allylic oxidation sites excluding steroid dienone is 2. The maximum atomic E-state index is 13.4. The van der Waals surface area contributed by atoms with E-state index in [-0.39, 0.29) is 5.82 Å². The van der Waals surface area contributed by atoms with Crippen LogP contribution in [0.4, 0.5) is 4.39 Å². The van der Waals surface area contributed by atoms with Crippen molar-refractivity contribution in [1.82, 2.24) is 10.3 Å². The average molecular weight is 290 g/mol. The summed E-state index contributed by atoms with van der Waals surface area (Å²) in [6.45, 7) is 3.54. The Morgan fingerprint density at radius 3 is 2.90 bits per heavy atom. The maximum Gasteiger partial charge on any atom is 0.218 e. The Morgan fingerprint density at radius 1 is 1.33 bits per heavy atom. The summed E-state index contributed by atoms with van der Waals surface area (Å²) in [6.07, 6.45) is 10.3. The Bertz CT molecular complexity index is 514. The average Bonchev–Trinajstić information content (AvgIpc) is 3.30. The third kappa shape index (κ3) is 4.03. The second-order valence-corrected chi connectivity index (χ2v) is 6.26. The van der Waals surface area contributed by atoms with Crippen LogP contribution in [0.5, 0.6) is 5.88 Å². The molecule has 1 aromatic rings. The van der Waals surface area contributed by atoms with E-state index < -0.39 is 0 Å². The van der Waals surface area contributed by atoms with Gasteiger partial charge in [-0.1, -0.05) is 19.1 Å². The molecule has 2 unspecified atom stereocenters. The van der Waals surface area contributed by atoms with Crippen molar-refractivity contribution in [3.63, 3.8) is 0 Å². The SMILES string of the molecule is CC1CC=CCC1COc1ncc(F)cc1CNC1CC1. The summed E-state index contributed by atoms with van der Waals surface area (Å²) in [6, 6.07) is 2.12. The molecule has 0 radical (unpaired) electrons. The topological polar surface area (TPSA) is 34.1 Å². The van der Waals surface area contributed by atoms with Crippen LogP contribution in [0.25, 0.3) is 0 Å². The van der Waals surface area contributed by atoms with Crippen LogP contribution < -0.4 is 10.1 Å². The fourth-order valence-corrected chi connectivity index (χ4v) is 2.69. The van der Waals surface area contributed by atoms with Crippen molar-refractivity contribution >= 4 is 0 Å². The molecule has 0 aromatic carbocycles. The van der Waals surface area contributed by atoms with Crippen molar-refractivity contribution in [2.24, 2.45) is 11.8 Å². The molecule has 1 N–H and O–H groups in total. The number of aromatic nitrogens is 1. The molecule has 3 nitrogen and oxygen atoms in total. The molecular formula is C17H23FN2O. The van der Waals surface area contributed by atoms with E-state index in [2.05, 4.69) is 29.4 Å². The van der Waals surface area contributed by atoms with Gasteiger partial charge in [-0.2, -0.15) is 0 Å². The molecule has 1 saturated carbocycles. The van der Waals surface area contributed by atoms with Gasteiger partial charge in [-0.3, -0.25) is 0 Å². The summed E-state index contributed by atoms with van der Waals surface area (Å²) in [4.78, 5) is 4.13. The van der Waals surface area contributed by atoms with Gasteiger partial charge in [0.05, 0.1) is 12.8 Å². The highest BCUT2D eigenvalue weighted by Crippen LogP contribution is 2.27. The number of rotatable bonds is 6. The summed E-state index contributed by atoms with van der Waals surface area (Å²) >= 11 is 0. The monoisotopic (exact) mass is 290 g/mol. The highest BCUT2D eigenvalue weighted by atomic mass is 19.1. The first-order chi connectivity index (χ1) is 10.2. The van der Waals surface area contributed by atoms with Gasteiger partial charge in [-0.15, -0.1) is 0 Å². The second-order valence-electron chi connectivity index (χ2n) is 6.26. The minimum absolute atomic E-state index is 0.302. The lowest BCUT2D eigenvalue weighted by Crippen LogP contribution is -2.22. The number of hydrogen-bond acceptors (Lipinski definition) is 3. The number of halogens is 1. The Balaban J connectivity index is 1.61. The second kappa shape index (κ2) is 6.56. The third-order valence-corrected chi connectivity index (χ3v) is 4.40. The summed E-state index contributed by atoms with van der Waals surface area (Å²) in [7, 11) is 0. The molecule has 2 aliphatic rings. The van der Waals surface area contributed by atoms with Gasteiger partial charge < -0.3 is 10.1 Å². The molecule has 3 rings (SSSR count). The summed E-state index contributed by atoms with van der Waals surface area (Å²) in [5, 5.41) is 3.39. The van der Waals surface area contributed by atoms with Gasteiger partial charge in [-0.25, -0.2) is 9.37 Å². The number of nitrogens with one attached hydrogen (secondary N) is 1. The molecule has 0 amide bonds. The Hall–Kier alpha value is -1.42. The highest BCUT2D eigenvalue weighted by Gasteiger charge is 2.22. The molecule has 1 heterocycles. The van der Waals surface area contributed by atoms with E-state index in [1.165, 1.54) is 25.1 Å². The predicted molar refractivity (Wildman–Crippen MR) is 80.6 cm³/mol. The maximum absolute atomic E-state index is 13.4. The van der Waals surface area contributed by atoms with E-state index in [1.54, 1.807) is 0 Å². The van der Waals surface area contributed by atoms with E-state index in [0.717, 1.165) is 18.4 Å². The van der Waals surface area contributed by atoms with Gasteiger partial charge in [0.1, 0.15) is 5.82 Å². The molecule has 0 bridgehead atoms. The molecule has 0 aliphatic heterocycles. The Morgan fingerprint density at radius 2 is 2.14 bits per heavy atom. The third-order valence-electron chi connectivity index (χ3n) is 4.40. The molecule has 1 fully saturated rings. The van der Waals surface area contributed by atoms with E-state index in [1.807, 2.05) is 0 Å². The summed E-state index contributed by atoms with van der Waals surface area (Å²) < 4.78 is 19.3. The Labute approximate surface area is 125 Å². The van der Waals surface area contributed by atoms with Crippen LogP contribution in [0, 0.1) is 17.7 Å². The smallest absolute Gasteiger partial charge is 0.218 e. The van der Waals surface area contributed by atoms with Crippen LogP contribution in [-0.2, 0) is 6.54 Å². The molecule has 114 valence electrons. The first kappa shape index (κ1) is 14.5. The van der Waals surface area contributed by atoms with Gasteiger partial charge >= 0.3 is 0 Å². The minimum Gasteiger partial charge on any atom is -0.477 e. The molecule has 2 aliphatic carbocycles. The van der Waals surface area contributed by atoms with E-state index in [9.17, 15) is 4.39 Å². The molecular weight excluding hydrogens is 267 g/mol. The van der Waals surface area contributed by atoms with Crippen LogP contribution in [-0.4, -0.2) is 17.6 Å². The number of nitrogens with zero attached hydrogens (tertiary/aromatic N) is 1. The van der Waals surface area contributed by atoms with Crippen molar-refractivity contribution < 1.29 is 9.13 Å². The van der Waals surface area contributed by atoms with Gasteiger partial charge in [0, 0.05) is 18.2 Å². The quantitative estimate of drug-likeness (QED) is 0.815. The van der Waals surface area contributed by atoms with Crippen molar-refractivity contribution in [3.05, 3.63) is 35.8 Å². The van der Waals surface area contributed by atoms with Crippen LogP contribution in [0.1, 0.15) is 38.2 Å². The fourth-order valence-electron chi connectivity index (χ4n) is 2.69. The summed E-state index contributed by atoms with van der Waals surface area (Å²) in [5.41, 5.74) is 0.820. The largest absolute Gasteiger partial charge is 0.477 e. The van der Waals surface area contributed by atoms with Crippen molar-refractivity contribution in [1.29, 1.82) is 0 Å². The van der Waals surface area contributed by atoms with Crippen LogP contribution in [0.15, 0.2) is 24.4 Å². The van der Waals surface area contributed by atoms with E-state index in [0.29, 0.717) is 36.9 Å².